The third kappa shape index (κ3) is 23.2. The van der Waals surface area contributed by atoms with Crippen molar-refractivity contribution in [3.8, 4) is 55.6 Å². The molecule has 15 N–H and O–H groups in total. The second-order valence-electron chi connectivity index (χ2n) is 39.2. The summed E-state index contributed by atoms with van der Waals surface area (Å²) in [4.78, 5) is 38.8. The highest BCUT2D eigenvalue weighted by molar-refractivity contribution is 7.91. The molecule has 10 heterocycles. The van der Waals surface area contributed by atoms with Crippen LogP contribution < -0.4 is 40.0 Å². The SMILES string of the molecule is Cc1noc(C)c1-c1cc(S(=O)(=O)NC2CCCC2)c2nc(CO)[nH]c2c1.Cc1noc(C)c1-c1cc(S(=O)(=O)NC2CCCC2)c2nc(Cc3ccccc3)[nH]c2c1.Cc1noc(C)c1-c1cc(S(=O)(=O)NC2CCCC2)c2nc(N)[nH]c2c1.Cc1noc(C)c1-c1cc(S(=O)(=O)NC2CCCC2)c2nc(NCc3ccccc3)[nH]c2c1.Cc1noc(C)c1-c1cc(S(=O)(=O)NC2CCCC2)c2nc(Nc3ccccc3)[nH]c2c1. The van der Waals surface area contributed by atoms with E-state index in [2.05, 4.69) is 105 Å². The highest BCUT2D eigenvalue weighted by atomic mass is 32.2. The molecular formula is C106H121N23O16S5. The Labute approximate surface area is 867 Å². The van der Waals surface area contributed by atoms with Crippen LogP contribution in [0.2, 0.25) is 0 Å². The second-order valence-corrected chi connectivity index (χ2v) is 47.6. The van der Waals surface area contributed by atoms with Gasteiger partial charge in [0.05, 0.1) is 56.1 Å². The summed E-state index contributed by atoms with van der Waals surface area (Å²) < 4.78 is 174. The molecule has 0 spiro atoms. The maximum absolute atomic E-state index is 13.5. The number of anilines is 4. The second kappa shape index (κ2) is 43.9. The van der Waals surface area contributed by atoms with Gasteiger partial charge in [-0.2, -0.15) is 0 Å². The Hall–Kier alpha value is -13.9. The van der Waals surface area contributed by atoms with Crippen molar-refractivity contribution in [2.45, 2.75) is 272 Å². The number of aryl methyl sites for hydroxylation is 10. The number of para-hydroxylation sites is 1. The van der Waals surface area contributed by atoms with Gasteiger partial charge in [0, 0.05) is 76.7 Å². The first kappa shape index (κ1) is 105. The molecule has 0 aliphatic heterocycles. The van der Waals surface area contributed by atoms with E-state index in [1.165, 1.54) is 0 Å². The molecule has 150 heavy (non-hydrogen) atoms. The first-order chi connectivity index (χ1) is 71.9. The molecule has 18 aromatic rings. The fourth-order valence-corrected chi connectivity index (χ4v) is 28.4. The van der Waals surface area contributed by atoms with Gasteiger partial charge in [-0.15, -0.1) is 0 Å². The maximum Gasteiger partial charge on any atom is 0.243 e. The van der Waals surface area contributed by atoms with Gasteiger partial charge in [-0.05, 0) is 245 Å². The predicted octanol–water partition coefficient (Wildman–Crippen LogP) is 19.3. The van der Waals surface area contributed by atoms with E-state index in [-0.39, 0.29) is 67.2 Å². The summed E-state index contributed by atoms with van der Waals surface area (Å²) in [5.74, 6) is 5.37. The molecule has 39 nitrogen and oxygen atoms in total. The van der Waals surface area contributed by atoms with Gasteiger partial charge in [0.1, 0.15) is 99.1 Å². The van der Waals surface area contributed by atoms with Crippen LogP contribution in [0.5, 0.6) is 0 Å². The van der Waals surface area contributed by atoms with E-state index in [0.29, 0.717) is 149 Å². The van der Waals surface area contributed by atoms with Crippen LogP contribution in [0.25, 0.3) is 111 Å². The number of H-pyrrole nitrogens is 5. The van der Waals surface area contributed by atoms with Crippen molar-refractivity contribution in [1.29, 1.82) is 0 Å². The van der Waals surface area contributed by atoms with Crippen LogP contribution in [-0.4, -0.2) is 153 Å². The number of aliphatic hydroxyl groups is 1. The number of nitrogens with two attached hydrogens (primary N) is 1. The van der Waals surface area contributed by atoms with Crippen LogP contribution in [0.4, 0.5) is 23.5 Å². The lowest BCUT2D eigenvalue weighted by Gasteiger charge is -2.14. The average Bonchev–Trinajstić information content (AvgIpc) is 1.61. The zero-order valence-electron chi connectivity index (χ0n) is 84.7. The monoisotopic (exact) mass is 2130 g/mol. The number of imidazole rings is 5. The summed E-state index contributed by atoms with van der Waals surface area (Å²) in [7, 11) is -18.8. The minimum absolute atomic E-state index is 0.0273. The third-order valence-electron chi connectivity index (χ3n) is 28.0. The number of aromatic nitrogens is 15. The highest BCUT2D eigenvalue weighted by Gasteiger charge is 2.36. The van der Waals surface area contributed by atoms with Crippen LogP contribution in [0.3, 0.4) is 0 Å². The zero-order chi connectivity index (χ0) is 105. The molecule has 8 aromatic carbocycles. The predicted molar refractivity (Wildman–Crippen MR) is 571 cm³/mol. The fourth-order valence-electron chi connectivity index (χ4n) is 20.9. The Kier molecular flexibility index (Phi) is 30.6. The minimum Gasteiger partial charge on any atom is -0.388 e. The fraction of sp³-hybridized carbons (Fsp3) is 0.358. The molecule has 0 saturated heterocycles. The van der Waals surface area contributed by atoms with E-state index >= 15 is 0 Å². The number of fused-ring (bicyclic) bond motifs is 5. The van der Waals surface area contributed by atoms with Crippen molar-refractivity contribution in [1.82, 2.24) is 99.2 Å². The summed E-state index contributed by atoms with van der Waals surface area (Å²) in [6.07, 6.45) is 19.5. The molecule has 5 aliphatic carbocycles. The largest absolute Gasteiger partial charge is 0.388 e. The Balaban J connectivity index is 0.000000118. The highest BCUT2D eigenvalue weighted by Crippen LogP contribution is 2.43. The van der Waals surface area contributed by atoms with E-state index in [4.69, 9.17) is 33.3 Å². The van der Waals surface area contributed by atoms with E-state index in [1.807, 2.05) is 177 Å². The number of nitrogens with zero attached hydrogens (tertiary/aromatic N) is 10. The van der Waals surface area contributed by atoms with Gasteiger partial charge in [0.2, 0.25) is 62.0 Å². The van der Waals surface area contributed by atoms with Crippen LogP contribution in [0.15, 0.2) is 199 Å². The van der Waals surface area contributed by atoms with Gasteiger partial charge < -0.3 is 69.0 Å². The normalized spacial score (nSPS) is 15.3. The van der Waals surface area contributed by atoms with Crippen molar-refractivity contribution in [3.63, 3.8) is 0 Å². The topological polar surface area (TPSA) is 575 Å². The molecule has 0 bridgehead atoms. The molecule has 5 fully saturated rings. The molecule has 5 saturated carbocycles. The summed E-state index contributed by atoms with van der Waals surface area (Å²) in [6.45, 7) is 18.5. The molecular weight excluding hydrogens is 2010 g/mol. The lowest BCUT2D eigenvalue weighted by molar-refractivity contribution is 0.273. The van der Waals surface area contributed by atoms with Gasteiger partial charge in [-0.3, -0.25) is 0 Å². The minimum atomic E-state index is -3.78. The standard InChI is InChI=1S/C24H27N5O3S.C24H26N4O3S.C23H25N5O3S.C18H22N4O4S.C17H21N5O3S/c1-15-22(16(2)32-28-15)18-12-20-23(21(13-18)33(30,31)29-19-10-6-7-11-19)27-24(26-20)25-14-17-8-4-3-5-9-17;1-15-23(16(2)31-27-15)18-13-20-24(26-22(25-20)12-17-8-4-3-5-9-17)21(14-18)32(29,30)28-19-10-6-7-11-19;1-14-21(15(2)31-27-14)16-12-19-22(26-23(25-19)24-17-8-4-3-5-9-17)20(13-16)32(29,30)28-18-10-6-7-11-18;1-10-17(11(2)26-21-10)12-7-14-18(20-16(9-23)19-14)15(8-12)27(24,25)22-13-5-3-4-6-13;1-9-15(10(2)25-21-9)11-7-13-16(20-17(18)19-13)14(8-11)26(23,24)22-12-5-3-4-6-12/h3-5,8-9,12-13,19,29H,6-7,10-11,14H2,1-2H3,(H2,25,26,27);3-5,8-9,13-14,19,28H,6-7,10-12H2,1-2H3,(H,25,26);3-5,8-9,12-13,18,28H,6-7,10-11H2,1-2H3,(H2,24,25,26);7-8,13,22-23H,3-6,9H2,1-2H3,(H,19,20);7-8,12,22H,3-6H2,1-2H3,(H3,18,19,20). The summed E-state index contributed by atoms with van der Waals surface area (Å²) >= 11 is 0. The van der Waals surface area contributed by atoms with Gasteiger partial charge in [-0.1, -0.05) is 169 Å². The quantitative estimate of drug-likeness (QED) is 0.0216. The van der Waals surface area contributed by atoms with Gasteiger partial charge in [0.25, 0.3) is 0 Å². The summed E-state index contributed by atoms with van der Waals surface area (Å²) in [5, 5.41) is 35.9. The summed E-state index contributed by atoms with van der Waals surface area (Å²) in [5.41, 5.74) is 24.8. The van der Waals surface area contributed by atoms with Gasteiger partial charge in [-0.25, -0.2) is 90.6 Å². The molecule has 0 unspecified atom stereocenters. The van der Waals surface area contributed by atoms with E-state index in [0.717, 1.165) is 201 Å². The van der Waals surface area contributed by atoms with Crippen molar-refractivity contribution < 1.29 is 69.8 Å². The Bertz CT molecular complexity index is 8290. The van der Waals surface area contributed by atoms with Crippen molar-refractivity contribution >= 4 is 129 Å². The number of aliphatic hydroxyl groups excluding tert-OH is 1. The molecule has 44 heteroatoms. The first-order valence-electron chi connectivity index (χ1n) is 50.4. The van der Waals surface area contributed by atoms with Gasteiger partial charge >= 0.3 is 0 Å². The number of rotatable bonds is 28. The lowest BCUT2D eigenvalue weighted by atomic mass is 10.0. The number of aromatic amines is 5. The molecule has 0 atom stereocenters. The first-order valence-corrected chi connectivity index (χ1v) is 57.8. The van der Waals surface area contributed by atoms with E-state index in [1.54, 1.807) is 44.2 Å². The smallest absolute Gasteiger partial charge is 0.243 e. The molecule has 0 amide bonds. The lowest BCUT2D eigenvalue weighted by Crippen LogP contribution is -2.32. The van der Waals surface area contributed by atoms with Crippen LogP contribution >= 0.6 is 0 Å². The number of hydrogen-bond acceptors (Lipinski definition) is 29. The van der Waals surface area contributed by atoms with Crippen LogP contribution in [0, 0.1) is 69.2 Å². The van der Waals surface area contributed by atoms with Crippen LogP contribution in [-0.2, 0) is 69.7 Å². The maximum atomic E-state index is 13.5. The number of nitrogen functional groups attached to an aromatic ring is 1. The van der Waals surface area contributed by atoms with E-state index < -0.39 is 50.1 Å². The summed E-state index contributed by atoms with van der Waals surface area (Å²) in [6, 6.07) is 47.0. The van der Waals surface area contributed by atoms with Crippen LogP contribution in [0.1, 0.15) is 208 Å². The molecule has 5 aliphatic rings. The average molecular weight is 2130 g/mol. The van der Waals surface area contributed by atoms with Crippen molar-refractivity contribution in [2.75, 3.05) is 16.4 Å². The molecule has 0 radical (unpaired) electrons. The molecule has 23 rings (SSSR count). The number of hydrogen-bond donors (Lipinski definition) is 14. The van der Waals surface area contributed by atoms with Crippen molar-refractivity contribution in [2.24, 2.45) is 0 Å². The van der Waals surface area contributed by atoms with E-state index in [9.17, 15) is 47.2 Å². The van der Waals surface area contributed by atoms with Gasteiger partial charge in [0.15, 0.2) is 5.95 Å². The number of benzene rings is 8. The Morgan fingerprint density at radius 1 is 0.313 bits per heavy atom. The molecule has 10 aromatic heterocycles. The number of nitrogens with one attached hydrogen (secondary N) is 12. The third-order valence-corrected chi connectivity index (χ3v) is 35.7. The number of sulfonamides is 5. The Morgan fingerprint density at radius 3 is 0.880 bits per heavy atom. The Morgan fingerprint density at radius 2 is 0.573 bits per heavy atom. The van der Waals surface area contributed by atoms with Crippen molar-refractivity contribution in [3.05, 3.63) is 232 Å². The molecule has 786 valence electrons. The zero-order valence-corrected chi connectivity index (χ0v) is 88.8.